The summed E-state index contributed by atoms with van der Waals surface area (Å²) in [6, 6.07) is 8.85. The minimum Gasteiger partial charge on any atom is -0.381 e. The summed E-state index contributed by atoms with van der Waals surface area (Å²) in [5.74, 6) is 1.06. The SMILES string of the molecule is CCNC(=NCc1ccccc1CN1CCN(CC)CC1)N1CCC2(CCOC2)C1. The van der Waals surface area contributed by atoms with Gasteiger partial charge >= 0.3 is 0 Å². The summed E-state index contributed by atoms with van der Waals surface area (Å²) >= 11 is 0. The Balaban J connectivity index is 1.40. The van der Waals surface area contributed by atoms with Crippen LogP contribution in [0.15, 0.2) is 29.3 Å². The molecule has 0 bridgehead atoms. The molecule has 4 rings (SSSR count). The Kier molecular flexibility index (Phi) is 7.28. The molecule has 166 valence electrons. The van der Waals surface area contributed by atoms with Crippen LogP contribution < -0.4 is 5.32 Å². The van der Waals surface area contributed by atoms with Crippen molar-refractivity contribution in [1.29, 1.82) is 0 Å². The van der Waals surface area contributed by atoms with E-state index in [9.17, 15) is 0 Å². The van der Waals surface area contributed by atoms with E-state index < -0.39 is 0 Å². The van der Waals surface area contributed by atoms with Crippen LogP contribution in [0.4, 0.5) is 0 Å². The molecule has 30 heavy (non-hydrogen) atoms. The Bertz CT molecular complexity index is 707. The van der Waals surface area contributed by atoms with Crippen molar-refractivity contribution < 1.29 is 4.74 Å². The molecular formula is C24H39N5O. The third-order valence-electron chi connectivity index (χ3n) is 7.08. The fourth-order valence-corrected chi connectivity index (χ4v) is 5.04. The van der Waals surface area contributed by atoms with Crippen molar-refractivity contribution in [3.05, 3.63) is 35.4 Å². The highest BCUT2D eigenvalue weighted by Gasteiger charge is 2.42. The number of nitrogens with one attached hydrogen (secondary N) is 1. The van der Waals surface area contributed by atoms with Gasteiger partial charge in [0.05, 0.1) is 13.2 Å². The van der Waals surface area contributed by atoms with Crippen molar-refractivity contribution in [3.63, 3.8) is 0 Å². The van der Waals surface area contributed by atoms with Crippen LogP contribution in [0.25, 0.3) is 0 Å². The second-order valence-corrected chi connectivity index (χ2v) is 9.12. The van der Waals surface area contributed by atoms with Crippen LogP contribution in [-0.4, -0.2) is 86.2 Å². The first-order valence-corrected chi connectivity index (χ1v) is 11.8. The van der Waals surface area contributed by atoms with Crippen molar-refractivity contribution in [1.82, 2.24) is 20.0 Å². The third kappa shape index (κ3) is 5.16. The lowest BCUT2D eigenvalue weighted by Crippen LogP contribution is -2.45. The number of hydrogen-bond donors (Lipinski definition) is 1. The number of piperazine rings is 1. The zero-order valence-electron chi connectivity index (χ0n) is 18.9. The molecule has 3 aliphatic rings. The van der Waals surface area contributed by atoms with E-state index in [1.54, 1.807) is 0 Å². The monoisotopic (exact) mass is 413 g/mol. The predicted octanol–water partition coefficient (Wildman–Crippen LogP) is 2.40. The van der Waals surface area contributed by atoms with Crippen molar-refractivity contribution >= 4 is 5.96 Å². The number of nitrogens with zero attached hydrogens (tertiary/aromatic N) is 4. The molecule has 0 aliphatic carbocycles. The molecule has 3 saturated heterocycles. The van der Waals surface area contributed by atoms with E-state index >= 15 is 0 Å². The Morgan fingerprint density at radius 1 is 1.03 bits per heavy atom. The number of likely N-dealkylation sites (N-methyl/N-ethyl adjacent to an activating group) is 1. The van der Waals surface area contributed by atoms with Crippen LogP contribution in [0.3, 0.4) is 0 Å². The van der Waals surface area contributed by atoms with E-state index in [1.165, 1.54) is 37.1 Å². The van der Waals surface area contributed by atoms with Crippen molar-refractivity contribution in [3.8, 4) is 0 Å². The molecule has 3 heterocycles. The average molecular weight is 414 g/mol. The largest absolute Gasteiger partial charge is 0.381 e. The first kappa shape index (κ1) is 21.6. The first-order chi connectivity index (χ1) is 14.7. The summed E-state index contributed by atoms with van der Waals surface area (Å²) in [5.41, 5.74) is 3.13. The maximum absolute atomic E-state index is 5.71. The predicted molar refractivity (Wildman–Crippen MR) is 123 cm³/mol. The fourth-order valence-electron chi connectivity index (χ4n) is 5.04. The highest BCUT2D eigenvalue weighted by molar-refractivity contribution is 5.80. The van der Waals surface area contributed by atoms with Crippen molar-refractivity contribution in [2.75, 3.05) is 65.6 Å². The van der Waals surface area contributed by atoms with Gasteiger partial charge in [0.15, 0.2) is 5.96 Å². The minimum absolute atomic E-state index is 0.356. The van der Waals surface area contributed by atoms with E-state index in [0.717, 1.165) is 71.5 Å². The Morgan fingerprint density at radius 2 is 1.80 bits per heavy atom. The molecule has 6 heteroatoms. The van der Waals surface area contributed by atoms with Gasteiger partial charge in [0, 0.05) is 64.4 Å². The molecular weight excluding hydrogens is 374 g/mol. The van der Waals surface area contributed by atoms with E-state index in [0.29, 0.717) is 5.41 Å². The lowest BCUT2D eigenvalue weighted by molar-refractivity contribution is 0.131. The van der Waals surface area contributed by atoms with E-state index in [2.05, 4.69) is 58.1 Å². The lowest BCUT2D eigenvalue weighted by Gasteiger charge is -2.34. The quantitative estimate of drug-likeness (QED) is 0.573. The normalized spacial score (nSPS) is 26.1. The molecule has 3 fully saturated rings. The molecule has 0 saturated carbocycles. The zero-order chi connectivity index (χ0) is 20.8. The maximum atomic E-state index is 5.71. The molecule has 1 atom stereocenters. The molecule has 1 aromatic rings. The Labute approximate surface area is 182 Å². The van der Waals surface area contributed by atoms with Gasteiger partial charge in [-0.25, -0.2) is 4.99 Å². The second kappa shape index (κ2) is 10.1. The maximum Gasteiger partial charge on any atom is 0.194 e. The van der Waals surface area contributed by atoms with Crippen molar-refractivity contribution in [2.45, 2.75) is 39.8 Å². The lowest BCUT2D eigenvalue weighted by atomic mass is 9.87. The van der Waals surface area contributed by atoms with Crippen LogP contribution in [0.1, 0.15) is 37.8 Å². The molecule has 6 nitrogen and oxygen atoms in total. The Morgan fingerprint density at radius 3 is 2.50 bits per heavy atom. The highest BCUT2D eigenvalue weighted by Crippen LogP contribution is 2.38. The molecule has 0 amide bonds. The average Bonchev–Trinajstić information content (AvgIpc) is 3.42. The number of rotatable bonds is 6. The molecule has 0 radical (unpaired) electrons. The smallest absolute Gasteiger partial charge is 0.194 e. The molecule has 1 aromatic carbocycles. The van der Waals surface area contributed by atoms with Gasteiger partial charge < -0.3 is 19.9 Å². The molecule has 1 spiro atoms. The number of hydrogen-bond acceptors (Lipinski definition) is 4. The van der Waals surface area contributed by atoms with Gasteiger partial charge in [0.2, 0.25) is 0 Å². The topological polar surface area (TPSA) is 43.3 Å². The van der Waals surface area contributed by atoms with Gasteiger partial charge in [-0.15, -0.1) is 0 Å². The summed E-state index contributed by atoms with van der Waals surface area (Å²) in [6.07, 6.45) is 2.41. The van der Waals surface area contributed by atoms with Gasteiger partial charge in [-0.3, -0.25) is 4.90 Å². The number of guanidine groups is 1. The summed E-state index contributed by atoms with van der Waals surface area (Å²) in [5, 5.41) is 3.53. The first-order valence-electron chi connectivity index (χ1n) is 11.8. The summed E-state index contributed by atoms with van der Waals surface area (Å²) in [4.78, 5) is 12.6. The van der Waals surface area contributed by atoms with E-state index in [1.807, 2.05) is 0 Å². The number of benzene rings is 1. The van der Waals surface area contributed by atoms with Gasteiger partial charge in [-0.1, -0.05) is 31.2 Å². The summed E-state index contributed by atoms with van der Waals surface area (Å²) in [6.45, 7) is 16.9. The van der Waals surface area contributed by atoms with E-state index in [4.69, 9.17) is 9.73 Å². The van der Waals surface area contributed by atoms with E-state index in [-0.39, 0.29) is 0 Å². The zero-order valence-corrected chi connectivity index (χ0v) is 18.9. The van der Waals surface area contributed by atoms with Gasteiger partial charge in [-0.05, 0) is 37.4 Å². The number of likely N-dealkylation sites (tertiary alicyclic amines) is 1. The van der Waals surface area contributed by atoms with Gasteiger partial charge in [-0.2, -0.15) is 0 Å². The van der Waals surface area contributed by atoms with Gasteiger partial charge in [0.1, 0.15) is 0 Å². The summed E-state index contributed by atoms with van der Waals surface area (Å²) in [7, 11) is 0. The second-order valence-electron chi connectivity index (χ2n) is 9.12. The van der Waals surface area contributed by atoms with Crippen LogP contribution in [-0.2, 0) is 17.8 Å². The van der Waals surface area contributed by atoms with Crippen LogP contribution in [0.2, 0.25) is 0 Å². The molecule has 0 aromatic heterocycles. The van der Waals surface area contributed by atoms with Gasteiger partial charge in [0.25, 0.3) is 0 Å². The molecule has 3 aliphatic heterocycles. The fraction of sp³-hybridized carbons (Fsp3) is 0.708. The molecule has 1 N–H and O–H groups in total. The molecule has 1 unspecified atom stereocenters. The number of aliphatic imine (C=N–C) groups is 1. The van der Waals surface area contributed by atoms with Crippen molar-refractivity contribution in [2.24, 2.45) is 10.4 Å². The highest BCUT2D eigenvalue weighted by atomic mass is 16.5. The minimum atomic E-state index is 0.356. The third-order valence-corrected chi connectivity index (χ3v) is 7.08. The Hall–Kier alpha value is -1.63. The summed E-state index contributed by atoms with van der Waals surface area (Å²) < 4.78 is 5.71. The van der Waals surface area contributed by atoms with Crippen LogP contribution in [0.5, 0.6) is 0 Å². The van der Waals surface area contributed by atoms with Crippen LogP contribution in [0, 0.1) is 5.41 Å². The standard InChI is InChI=1S/C24H39N5O/c1-3-25-23(29-11-9-24(19-29)10-16-30-20-24)26-17-21-7-5-6-8-22(21)18-28-14-12-27(4-2)13-15-28/h5-8H,3-4,9-20H2,1-2H3,(H,25,26). The number of ether oxygens (including phenoxy) is 1. The van der Waals surface area contributed by atoms with Crippen LogP contribution >= 0.6 is 0 Å².